The topological polar surface area (TPSA) is 59.3 Å². The third kappa shape index (κ3) is 7.87. The van der Waals surface area contributed by atoms with Crippen molar-refractivity contribution in [3.8, 4) is 11.8 Å². The lowest BCUT2D eigenvalue weighted by Gasteiger charge is -2.28. The highest BCUT2D eigenvalue weighted by molar-refractivity contribution is 5.89. The number of alkyl halides is 3. The van der Waals surface area contributed by atoms with Crippen LogP contribution in [-0.2, 0) is 4.74 Å². The fourth-order valence-corrected chi connectivity index (χ4v) is 3.16. The minimum atomic E-state index is -4.76. The van der Waals surface area contributed by atoms with Crippen molar-refractivity contribution in [2.24, 2.45) is 5.92 Å². The molecule has 0 radical (unpaired) electrons. The van der Waals surface area contributed by atoms with Crippen molar-refractivity contribution in [2.45, 2.75) is 51.0 Å². The van der Waals surface area contributed by atoms with Crippen LogP contribution in [0.25, 0.3) is 0 Å². The second-order valence-corrected chi connectivity index (χ2v) is 6.61. The van der Waals surface area contributed by atoms with Crippen LogP contribution in [0.1, 0.15) is 48.9 Å². The van der Waals surface area contributed by atoms with Crippen LogP contribution >= 0.6 is 0 Å². The lowest BCUT2D eigenvalue weighted by atomic mass is 9.84. The number of rotatable bonds is 7. The van der Waals surface area contributed by atoms with Gasteiger partial charge in [0, 0.05) is 6.08 Å². The summed E-state index contributed by atoms with van der Waals surface area (Å²) in [6.45, 7) is 0. The standard InChI is InChI=1S/C21H22F3NO3/c22-21(23,24)28-19-13-9-17(10-14-19)20(26)27-18-11-7-16(8-12-18)6-4-2-1-3-5-15-25/h1-3,5,9-10,13-14,16,18H,4,6-8,11-12H2/b2-1+,5-3+. The van der Waals surface area contributed by atoms with Crippen LogP contribution in [0.15, 0.2) is 48.6 Å². The molecule has 150 valence electrons. The van der Waals surface area contributed by atoms with Gasteiger partial charge in [0.2, 0.25) is 0 Å². The molecule has 0 unspecified atom stereocenters. The first kappa shape index (κ1) is 21.5. The molecule has 0 bridgehead atoms. The van der Waals surface area contributed by atoms with Gasteiger partial charge in [-0.2, -0.15) is 5.26 Å². The molecule has 0 aliphatic heterocycles. The lowest BCUT2D eigenvalue weighted by molar-refractivity contribution is -0.274. The Morgan fingerprint density at radius 1 is 1.14 bits per heavy atom. The van der Waals surface area contributed by atoms with E-state index in [1.807, 2.05) is 18.2 Å². The van der Waals surface area contributed by atoms with Crippen LogP contribution in [0.3, 0.4) is 0 Å². The van der Waals surface area contributed by atoms with Gasteiger partial charge >= 0.3 is 12.3 Å². The highest BCUT2D eigenvalue weighted by Gasteiger charge is 2.31. The Balaban J connectivity index is 1.72. The predicted molar refractivity (Wildman–Crippen MR) is 97.4 cm³/mol. The zero-order chi connectivity index (χ0) is 20.4. The van der Waals surface area contributed by atoms with E-state index in [1.165, 1.54) is 18.2 Å². The van der Waals surface area contributed by atoms with Crippen molar-refractivity contribution in [3.63, 3.8) is 0 Å². The quantitative estimate of drug-likeness (QED) is 0.338. The van der Waals surface area contributed by atoms with Crippen molar-refractivity contribution in [3.05, 3.63) is 54.1 Å². The van der Waals surface area contributed by atoms with E-state index < -0.39 is 12.3 Å². The minimum Gasteiger partial charge on any atom is -0.459 e. The fraction of sp³-hybridized carbons (Fsp3) is 0.429. The molecule has 28 heavy (non-hydrogen) atoms. The molecule has 1 saturated carbocycles. The molecule has 0 saturated heterocycles. The van der Waals surface area contributed by atoms with Gasteiger partial charge in [-0.15, -0.1) is 13.2 Å². The Morgan fingerprint density at radius 3 is 2.43 bits per heavy atom. The minimum absolute atomic E-state index is 0.163. The van der Waals surface area contributed by atoms with Crippen LogP contribution < -0.4 is 4.74 Å². The summed E-state index contributed by atoms with van der Waals surface area (Å²) in [5.41, 5.74) is 0.201. The maximum absolute atomic E-state index is 12.2. The van der Waals surface area contributed by atoms with Crippen molar-refractivity contribution in [1.82, 2.24) is 0 Å². The molecule has 1 aliphatic carbocycles. The number of nitriles is 1. The number of nitrogens with zero attached hydrogens (tertiary/aromatic N) is 1. The number of allylic oxidation sites excluding steroid dienone is 4. The molecule has 4 nitrogen and oxygen atoms in total. The number of benzene rings is 1. The monoisotopic (exact) mass is 393 g/mol. The third-order valence-corrected chi connectivity index (χ3v) is 4.55. The molecular weight excluding hydrogens is 371 g/mol. The first-order valence-corrected chi connectivity index (χ1v) is 9.15. The summed E-state index contributed by atoms with van der Waals surface area (Å²) >= 11 is 0. The summed E-state index contributed by atoms with van der Waals surface area (Å²) in [7, 11) is 0. The molecule has 0 amide bonds. The molecule has 1 aromatic rings. The van der Waals surface area contributed by atoms with Crippen LogP contribution in [0.4, 0.5) is 13.2 Å². The SMILES string of the molecule is N#C/C=C/C=C/CCC1CCC(OC(=O)c2ccc(OC(F)(F)F)cc2)CC1. The van der Waals surface area contributed by atoms with E-state index in [-0.39, 0.29) is 17.4 Å². The number of halogens is 3. The molecule has 0 aromatic heterocycles. The molecule has 2 rings (SSSR count). The average Bonchev–Trinajstić information content (AvgIpc) is 2.65. The van der Waals surface area contributed by atoms with Gasteiger partial charge in [-0.3, -0.25) is 0 Å². The molecule has 0 heterocycles. The van der Waals surface area contributed by atoms with Gasteiger partial charge in [0.1, 0.15) is 11.9 Å². The number of ether oxygens (including phenoxy) is 2. The molecular formula is C21H22F3NO3. The maximum atomic E-state index is 12.2. The largest absolute Gasteiger partial charge is 0.573 e. The summed E-state index contributed by atoms with van der Waals surface area (Å²) in [4.78, 5) is 12.2. The van der Waals surface area contributed by atoms with Gasteiger partial charge in [0.15, 0.2) is 0 Å². The van der Waals surface area contributed by atoms with Crippen molar-refractivity contribution in [1.29, 1.82) is 5.26 Å². The zero-order valence-electron chi connectivity index (χ0n) is 15.3. The number of hydrogen-bond acceptors (Lipinski definition) is 4. The molecule has 1 aliphatic rings. The average molecular weight is 393 g/mol. The molecule has 0 spiro atoms. The van der Waals surface area contributed by atoms with Gasteiger partial charge in [0.25, 0.3) is 0 Å². The number of carbonyl (C=O) groups excluding carboxylic acids is 1. The third-order valence-electron chi connectivity index (χ3n) is 4.55. The summed E-state index contributed by atoms with van der Waals surface area (Å²) in [6, 6.07) is 6.65. The number of esters is 1. The van der Waals surface area contributed by atoms with Crippen LogP contribution in [0.5, 0.6) is 5.75 Å². The number of carbonyl (C=O) groups is 1. The normalized spacial score (nSPS) is 20.2. The van der Waals surface area contributed by atoms with Crippen molar-refractivity contribution < 1.29 is 27.4 Å². The Labute approximate surface area is 162 Å². The Bertz CT molecular complexity index is 725. The van der Waals surface area contributed by atoms with E-state index in [0.29, 0.717) is 5.92 Å². The van der Waals surface area contributed by atoms with E-state index in [4.69, 9.17) is 10.00 Å². The van der Waals surface area contributed by atoms with Crippen molar-refractivity contribution in [2.75, 3.05) is 0 Å². The Morgan fingerprint density at radius 2 is 1.82 bits per heavy atom. The van der Waals surface area contributed by atoms with E-state index in [1.54, 1.807) is 6.08 Å². The fourth-order valence-electron chi connectivity index (χ4n) is 3.16. The summed E-state index contributed by atoms with van der Waals surface area (Å²) in [5.74, 6) is -0.325. The highest BCUT2D eigenvalue weighted by Crippen LogP contribution is 2.30. The first-order valence-electron chi connectivity index (χ1n) is 9.15. The predicted octanol–water partition coefficient (Wildman–Crippen LogP) is 5.72. The number of hydrogen-bond donors (Lipinski definition) is 0. The maximum Gasteiger partial charge on any atom is 0.573 e. The highest BCUT2D eigenvalue weighted by atomic mass is 19.4. The van der Waals surface area contributed by atoms with Gasteiger partial charge in [-0.25, -0.2) is 4.79 Å². The van der Waals surface area contributed by atoms with Gasteiger partial charge in [0.05, 0.1) is 11.6 Å². The molecule has 7 heteroatoms. The van der Waals surface area contributed by atoms with E-state index in [2.05, 4.69) is 4.74 Å². The van der Waals surface area contributed by atoms with E-state index >= 15 is 0 Å². The van der Waals surface area contributed by atoms with Crippen LogP contribution in [-0.4, -0.2) is 18.4 Å². The summed E-state index contributed by atoms with van der Waals surface area (Å²) in [5, 5.41) is 8.39. The van der Waals surface area contributed by atoms with Crippen LogP contribution in [0, 0.1) is 17.2 Å². The first-order chi connectivity index (χ1) is 13.4. The Kier molecular flexibility index (Phi) is 8.12. The second-order valence-electron chi connectivity index (χ2n) is 6.61. The van der Waals surface area contributed by atoms with E-state index in [9.17, 15) is 18.0 Å². The van der Waals surface area contributed by atoms with Gasteiger partial charge in [-0.1, -0.05) is 18.2 Å². The lowest BCUT2D eigenvalue weighted by Crippen LogP contribution is -2.24. The van der Waals surface area contributed by atoms with E-state index in [0.717, 1.165) is 50.7 Å². The second kappa shape index (κ2) is 10.5. The summed E-state index contributed by atoms with van der Waals surface area (Å²) < 4.78 is 45.7. The van der Waals surface area contributed by atoms with Gasteiger partial charge in [-0.05, 0) is 68.7 Å². The summed E-state index contributed by atoms with van der Waals surface area (Å²) in [6.07, 6.45) is 7.60. The van der Waals surface area contributed by atoms with Crippen LogP contribution in [0.2, 0.25) is 0 Å². The molecule has 0 N–H and O–H groups in total. The smallest absolute Gasteiger partial charge is 0.459 e. The Hall–Kier alpha value is -2.75. The van der Waals surface area contributed by atoms with Gasteiger partial charge < -0.3 is 9.47 Å². The molecule has 1 fully saturated rings. The van der Waals surface area contributed by atoms with Crippen molar-refractivity contribution >= 4 is 5.97 Å². The molecule has 1 aromatic carbocycles. The molecule has 0 atom stereocenters. The zero-order valence-corrected chi connectivity index (χ0v) is 15.3.